The molecule has 3 unspecified atom stereocenters. The summed E-state index contributed by atoms with van der Waals surface area (Å²) in [6, 6.07) is 3.76. The number of hydrogen-bond donors (Lipinski definition) is 1. The number of aliphatic hydroxyl groups is 1. The van der Waals surface area contributed by atoms with Gasteiger partial charge in [-0.15, -0.1) is 0 Å². The lowest BCUT2D eigenvalue weighted by atomic mass is 10.00. The zero-order valence-corrected chi connectivity index (χ0v) is 10.8. The van der Waals surface area contributed by atoms with Crippen LogP contribution in [0.15, 0.2) is 30.6 Å². The van der Waals surface area contributed by atoms with Crippen LogP contribution in [0.4, 0.5) is 0 Å². The van der Waals surface area contributed by atoms with Crippen molar-refractivity contribution in [2.45, 2.75) is 18.9 Å². The summed E-state index contributed by atoms with van der Waals surface area (Å²) >= 11 is 0. The molecule has 3 rings (SSSR count). The molecule has 19 heavy (non-hydrogen) atoms. The highest BCUT2D eigenvalue weighted by Crippen LogP contribution is 2.38. The first-order chi connectivity index (χ1) is 9.24. The number of likely N-dealkylation sites (tertiary alicyclic amines) is 1. The van der Waals surface area contributed by atoms with Crippen LogP contribution in [0.1, 0.15) is 18.4 Å². The number of pyridine rings is 1. The maximum atomic E-state index is 12.1. The van der Waals surface area contributed by atoms with E-state index in [1.54, 1.807) is 24.5 Å². The SMILES string of the molecule is O=C(/C=C/c1cccnc1)N1CC2CCC(O)C2C1. The zero-order valence-electron chi connectivity index (χ0n) is 10.8. The molecule has 1 saturated heterocycles. The van der Waals surface area contributed by atoms with Crippen LogP contribution in [0.5, 0.6) is 0 Å². The van der Waals surface area contributed by atoms with E-state index in [2.05, 4.69) is 4.98 Å². The molecule has 4 nitrogen and oxygen atoms in total. The van der Waals surface area contributed by atoms with Crippen molar-refractivity contribution < 1.29 is 9.90 Å². The summed E-state index contributed by atoms with van der Waals surface area (Å²) < 4.78 is 0. The molecule has 2 heterocycles. The second kappa shape index (κ2) is 5.13. The van der Waals surface area contributed by atoms with Crippen molar-refractivity contribution in [2.24, 2.45) is 11.8 Å². The summed E-state index contributed by atoms with van der Waals surface area (Å²) in [5.41, 5.74) is 0.926. The Kier molecular flexibility index (Phi) is 3.34. The molecule has 1 saturated carbocycles. The predicted octanol–water partition coefficient (Wildman–Crippen LogP) is 1.32. The molecule has 4 heteroatoms. The highest BCUT2D eigenvalue weighted by atomic mass is 16.3. The van der Waals surface area contributed by atoms with Crippen LogP contribution in [-0.4, -0.2) is 40.1 Å². The molecular weight excluding hydrogens is 240 g/mol. The van der Waals surface area contributed by atoms with E-state index in [9.17, 15) is 9.90 Å². The van der Waals surface area contributed by atoms with Crippen molar-refractivity contribution in [3.63, 3.8) is 0 Å². The van der Waals surface area contributed by atoms with Gasteiger partial charge >= 0.3 is 0 Å². The Morgan fingerprint density at radius 2 is 2.32 bits per heavy atom. The number of fused-ring (bicyclic) bond motifs is 1. The minimum absolute atomic E-state index is 0.0328. The van der Waals surface area contributed by atoms with Crippen molar-refractivity contribution in [3.8, 4) is 0 Å². The molecule has 1 aliphatic carbocycles. The highest BCUT2D eigenvalue weighted by Gasteiger charge is 2.42. The zero-order chi connectivity index (χ0) is 13.2. The number of amides is 1. The summed E-state index contributed by atoms with van der Waals surface area (Å²) in [5.74, 6) is 0.812. The van der Waals surface area contributed by atoms with E-state index in [0.29, 0.717) is 12.5 Å². The second-order valence-corrected chi connectivity index (χ2v) is 5.43. The van der Waals surface area contributed by atoms with Crippen molar-refractivity contribution in [1.82, 2.24) is 9.88 Å². The fraction of sp³-hybridized carbons (Fsp3) is 0.467. The van der Waals surface area contributed by atoms with Crippen LogP contribution >= 0.6 is 0 Å². The van der Waals surface area contributed by atoms with E-state index in [-0.39, 0.29) is 17.9 Å². The first-order valence-electron chi connectivity index (χ1n) is 6.79. The van der Waals surface area contributed by atoms with E-state index in [1.165, 1.54) is 0 Å². The summed E-state index contributed by atoms with van der Waals surface area (Å²) in [6.07, 6.45) is 8.55. The molecule has 0 aromatic carbocycles. The smallest absolute Gasteiger partial charge is 0.246 e. The van der Waals surface area contributed by atoms with Gasteiger partial charge in [0.15, 0.2) is 0 Å². The van der Waals surface area contributed by atoms with Crippen LogP contribution in [0.3, 0.4) is 0 Å². The monoisotopic (exact) mass is 258 g/mol. The van der Waals surface area contributed by atoms with Crippen LogP contribution in [-0.2, 0) is 4.79 Å². The Labute approximate surface area is 112 Å². The predicted molar refractivity (Wildman–Crippen MR) is 72.1 cm³/mol. The molecule has 3 atom stereocenters. The summed E-state index contributed by atoms with van der Waals surface area (Å²) in [4.78, 5) is 18.0. The third-order valence-electron chi connectivity index (χ3n) is 4.23. The van der Waals surface area contributed by atoms with Crippen molar-refractivity contribution in [2.75, 3.05) is 13.1 Å². The number of aliphatic hydroxyl groups excluding tert-OH is 1. The lowest BCUT2D eigenvalue weighted by Gasteiger charge is -2.16. The third-order valence-corrected chi connectivity index (χ3v) is 4.23. The molecule has 2 aliphatic rings. The van der Waals surface area contributed by atoms with Gasteiger partial charge in [-0.2, -0.15) is 0 Å². The standard InChI is InChI=1S/C15H18N2O2/c18-14-5-4-12-9-17(10-13(12)14)15(19)6-3-11-2-1-7-16-8-11/h1-3,6-8,12-14,18H,4-5,9-10H2/b6-3+. The number of rotatable bonds is 2. The first kappa shape index (κ1) is 12.4. The van der Waals surface area contributed by atoms with Gasteiger partial charge in [-0.3, -0.25) is 9.78 Å². The number of aromatic nitrogens is 1. The third kappa shape index (κ3) is 2.54. The van der Waals surface area contributed by atoms with E-state index in [4.69, 9.17) is 0 Å². The second-order valence-electron chi connectivity index (χ2n) is 5.43. The number of nitrogens with zero attached hydrogens (tertiary/aromatic N) is 2. The van der Waals surface area contributed by atoms with Crippen LogP contribution < -0.4 is 0 Å². The van der Waals surface area contributed by atoms with Gasteiger partial charge in [0, 0.05) is 37.5 Å². The minimum atomic E-state index is -0.217. The topological polar surface area (TPSA) is 53.4 Å². The highest BCUT2D eigenvalue weighted by molar-refractivity contribution is 5.91. The van der Waals surface area contributed by atoms with Gasteiger partial charge in [-0.05, 0) is 36.5 Å². The Morgan fingerprint density at radius 1 is 1.42 bits per heavy atom. The first-order valence-corrected chi connectivity index (χ1v) is 6.79. The lowest BCUT2D eigenvalue weighted by molar-refractivity contribution is -0.125. The maximum absolute atomic E-state index is 12.1. The van der Waals surface area contributed by atoms with Crippen LogP contribution in [0.2, 0.25) is 0 Å². The average molecular weight is 258 g/mol. The van der Waals surface area contributed by atoms with Crippen molar-refractivity contribution in [1.29, 1.82) is 0 Å². The average Bonchev–Trinajstić information content (AvgIpc) is 3.00. The molecule has 1 aliphatic heterocycles. The fourth-order valence-corrected chi connectivity index (χ4v) is 3.16. The van der Waals surface area contributed by atoms with Gasteiger partial charge in [-0.25, -0.2) is 0 Å². The van der Waals surface area contributed by atoms with E-state index in [0.717, 1.165) is 24.9 Å². The quantitative estimate of drug-likeness (QED) is 0.814. The van der Waals surface area contributed by atoms with Gasteiger partial charge in [0.05, 0.1) is 6.10 Å². The molecule has 1 amide bonds. The van der Waals surface area contributed by atoms with Gasteiger partial charge in [0.1, 0.15) is 0 Å². The van der Waals surface area contributed by atoms with Gasteiger partial charge in [-0.1, -0.05) is 6.07 Å². The summed E-state index contributed by atoms with van der Waals surface area (Å²) in [6.45, 7) is 1.49. The van der Waals surface area contributed by atoms with Gasteiger partial charge in [0.25, 0.3) is 0 Å². The Balaban J connectivity index is 1.62. The van der Waals surface area contributed by atoms with E-state index < -0.39 is 0 Å². The molecule has 1 aromatic heterocycles. The molecule has 100 valence electrons. The number of carbonyl (C=O) groups excluding carboxylic acids is 1. The maximum Gasteiger partial charge on any atom is 0.246 e. The van der Waals surface area contributed by atoms with E-state index in [1.807, 2.05) is 17.0 Å². The fourth-order valence-electron chi connectivity index (χ4n) is 3.16. The lowest BCUT2D eigenvalue weighted by Crippen LogP contribution is -2.29. The molecular formula is C15H18N2O2. The number of carbonyl (C=O) groups is 1. The van der Waals surface area contributed by atoms with Gasteiger partial charge < -0.3 is 10.0 Å². The Hall–Kier alpha value is -1.68. The van der Waals surface area contributed by atoms with Gasteiger partial charge in [0.2, 0.25) is 5.91 Å². The molecule has 0 bridgehead atoms. The van der Waals surface area contributed by atoms with Crippen molar-refractivity contribution >= 4 is 12.0 Å². The molecule has 1 N–H and O–H groups in total. The normalized spacial score (nSPS) is 29.9. The largest absolute Gasteiger partial charge is 0.393 e. The molecule has 2 fully saturated rings. The van der Waals surface area contributed by atoms with Crippen LogP contribution in [0, 0.1) is 11.8 Å². The Bertz CT molecular complexity index is 486. The summed E-state index contributed by atoms with van der Waals surface area (Å²) in [7, 11) is 0. The molecule has 0 radical (unpaired) electrons. The van der Waals surface area contributed by atoms with E-state index >= 15 is 0 Å². The number of hydrogen-bond acceptors (Lipinski definition) is 3. The van der Waals surface area contributed by atoms with Crippen molar-refractivity contribution in [3.05, 3.63) is 36.2 Å². The minimum Gasteiger partial charge on any atom is -0.393 e. The summed E-state index contributed by atoms with van der Waals surface area (Å²) in [5, 5.41) is 9.84. The molecule has 1 aromatic rings. The Morgan fingerprint density at radius 3 is 3.05 bits per heavy atom. The van der Waals surface area contributed by atoms with Crippen LogP contribution in [0.25, 0.3) is 6.08 Å². The molecule has 0 spiro atoms.